The van der Waals surface area contributed by atoms with Crippen molar-refractivity contribution in [2.45, 2.75) is 45.1 Å². The molecule has 1 atom stereocenters. The molecule has 4 nitrogen and oxygen atoms in total. The average molecular weight is 250 g/mol. The summed E-state index contributed by atoms with van der Waals surface area (Å²) in [6.07, 6.45) is 6.13. The molecule has 0 saturated heterocycles. The van der Waals surface area contributed by atoms with E-state index >= 15 is 0 Å². The summed E-state index contributed by atoms with van der Waals surface area (Å²) in [7, 11) is 0. The Morgan fingerprint density at radius 2 is 2.17 bits per heavy atom. The van der Waals surface area contributed by atoms with E-state index in [0.29, 0.717) is 18.2 Å². The fourth-order valence-corrected chi connectivity index (χ4v) is 2.70. The number of carbonyl (C=O) groups is 1. The standard InChI is InChI=1S/C14H22N2O2/c1-10-7-8-13(18-10)14(17)16-12(9-15)11-5-3-2-4-6-11/h7-8,11-12H,2-6,9,15H2,1H3,(H,16,17). The third-order valence-corrected chi connectivity index (χ3v) is 3.75. The Balaban J connectivity index is 1.95. The highest BCUT2D eigenvalue weighted by Gasteiger charge is 2.25. The van der Waals surface area contributed by atoms with Gasteiger partial charge in [-0.05, 0) is 37.8 Å². The molecule has 0 aromatic carbocycles. The fourth-order valence-electron chi connectivity index (χ4n) is 2.70. The Morgan fingerprint density at radius 1 is 1.44 bits per heavy atom. The van der Waals surface area contributed by atoms with Crippen molar-refractivity contribution in [1.82, 2.24) is 5.32 Å². The van der Waals surface area contributed by atoms with E-state index in [1.165, 1.54) is 32.1 Å². The summed E-state index contributed by atoms with van der Waals surface area (Å²) in [6, 6.07) is 3.58. The maximum Gasteiger partial charge on any atom is 0.287 e. The molecule has 0 spiro atoms. The fraction of sp³-hybridized carbons (Fsp3) is 0.643. The Kier molecular flexibility index (Phi) is 4.42. The third kappa shape index (κ3) is 3.13. The lowest BCUT2D eigenvalue weighted by Gasteiger charge is -2.29. The first kappa shape index (κ1) is 13.1. The van der Waals surface area contributed by atoms with Crippen molar-refractivity contribution in [2.75, 3.05) is 6.54 Å². The largest absolute Gasteiger partial charge is 0.456 e. The zero-order valence-corrected chi connectivity index (χ0v) is 10.9. The predicted molar refractivity (Wildman–Crippen MR) is 70.3 cm³/mol. The molecular weight excluding hydrogens is 228 g/mol. The van der Waals surface area contributed by atoms with Crippen molar-refractivity contribution >= 4 is 5.91 Å². The van der Waals surface area contributed by atoms with Gasteiger partial charge in [0.2, 0.25) is 0 Å². The lowest BCUT2D eigenvalue weighted by Crippen LogP contribution is -2.45. The van der Waals surface area contributed by atoms with Crippen molar-refractivity contribution in [3.63, 3.8) is 0 Å². The van der Waals surface area contributed by atoms with Gasteiger partial charge in [-0.25, -0.2) is 0 Å². The Bertz CT molecular complexity index is 394. The van der Waals surface area contributed by atoms with Crippen LogP contribution in [0.4, 0.5) is 0 Å². The van der Waals surface area contributed by atoms with Crippen LogP contribution in [0.15, 0.2) is 16.5 Å². The number of aryl methyl sites for hydroxylation is 1. The van der Waals surface area contributed by atoms with Gasteiger partial charge >= 0.3 is 0 Å². The van der Waals surface area contributed by atoms with Gasteiger partial charge in [0, 0.05) is 12.6 Å². The van der Waals surface area contributed by atoms with Crippen LogP contribution in [0.1, 0.15) is 48.4 Å². The Morgan fingerprint density at radius 3 is 2.72 bits per heavy atom. The van der Waals surface area contributed by atoms with Gasteiger partial charge in [-0.3, -0.25) is 4.79 Å². The summed E-state index contributed by atoms with van der Waals surface area (Å²) in [5.41, 5.74) is 5.79. The van der Waals surface area contributed by atoms with Gasteiger partial charge in [-0.1, -0.05) is 19.3 Å². The lowest BCUT2D eigenvalue weighted by atomic mass is 9.84. The summed E-state index contributed by atoms with van der Waals surface area (Å²) in [5, 5.41) is 3.01. The smallest absolute Gasteiger partial charge is 0.287 e. The number of nitrogens with one attached hydrogen (secondary N) is 1. The van der Waals surface area contributed by atoms with Gasteiger partial charge in [0.05, 0.1) is 0 Å². The first-order chi connectivity index (χ1) is 8.70. The number of hydrogen-bond donors (Lipinski definition) is 2. The van der Waals surface area contributed by atoms with Crippen LogP contribution >= 0.6 is 0 Å². The Hall–Kier alpha value is -1.29. The molecule has 18 heavy (non-hydrogen) atoms. The minimum Gasteiger partial charge on any atom is -0.456 e. The minimum absolute atomic E-state index is 0.0724. The van der Waals surface area contributed by atoms with E-state index in [0.717, 1.165) is 5.76 Å². The average Bonchev–Trinajstić information content (AvgIpc) is 2.83. The molecule has 0 radical (unpaired) electrons. The number of hydrogen-bond acceptors (Lipinski definition) is 3. The molecule has 1 fully saturated rings. The van der Waals surface area contributed by atoms with Crippen molar-refractivity contribution in [3.05, 3.63) is 23.7 Å². The van der Waals surface area contributed by atoms with Gasteiger partial charge < -0.3 is 15.5 Å². The molecule has 100 valence electrons. The van der Waals surface area contributed by atoms with Gasteiger partial charge in [0.25, 0.3) is 5.91 Å². The topological polar surface area (TPSA) is 68.3 Å². The van der Waals surface area contributed by atoms with E-state index in [2.05, 4.69) is 5.32 Å². The van der Waals surface area contributed by atoms with Crippen molar-refractivity contribution < 1.29 is 9.21 Å². The number of rotatable bonds is 4. The normalized spacial score (nSPS) is 18.6. The van der Waals surface area contributed by atoms with E-state index in [4.69, 9.17) is 10.2 Å². The lowest BCUT2D eigenvalue weighted by molar-refractivity contribution is 0.0886. The van der Waals surface area contributed by atoms with E-state index in [9.17, 15) is 4.79 Å². The van der Waals surface area contributed by atoms with Crippen molar-refractivity contribution in [1.29, 1.82) is 0 Å². The molecule has 1 heterocycles. The molecule has 4 heteroatoms. The van der Waals surface area contributed by atoms with E-state index in [-0.39, 0.29) is 11.9 Å². The molecule has 1 amide bonds. The second kappa shape index (κ2) is 6.05. The highest BCUT2D eigenvalue weighted by atomic mass is 16.3. The van der Waals surface area contributed by atoms with Crippen molar-refractivity contribution in [2.24, 2.45) is 11.7 Å². The van der Waals surface area contributed by atoms with Crippen molar-refractivity contribution in [3.8, 4) is 0 Å². The maximum atomic E-state index is 12.0. The first-order valence-corrected chi connectivity index (χ1v) is 6.78. The van der Waals surface area contributed by atoms with Crippen LogP contribution in [-0.2, 0) is 0 Å². The van der Waals surface area contributed by atoms with Gasteiger partial charge in [-0.15, -0.1) is 0 Å². The number of carbonyl (C=O) groups excluding carboxylic acids is 1. The molecule has 1 aromatic rings. The first-order valence-electron chi connectivity index (χ1n) is 6.78. The highest BCUT2D eigenvalue weighted by molar-refractivity contribution is 5.91. The molecule has 1 aliphatic carbocycles. The number of amides is 1. The van der Waals surface area contributed by atoms with Crippen LogP contribution in [0.25, 0.3) is 0 Å². The molecule has 1 saturated carbocycles. The van der Waals surface area contributed by atoms with Crippen LogP contribution in [0.3, 0.4) is 0 Å². The molecule has 2 rings (SSSR count). The van der Waals surface area contributed by atoms with Crippen LogP contribution in [0, 0.1) is 12.8 Å². The summed E-state index contributed by atoms with van der Waals surface area (Å²) < 4.78 is 5.33. The van der Waals surface area contributed by atoms with E-state index < -0.39 is 0 Å². The van der Waals surface area contributed by atoms with E-state index in [1.807, 2.05) is 6.92 Å². The summed E-state index contributed by atoms with van der Waals surface area (Å²) in [6.45, 7) is 2.33. The summed E-state index contributed by atoms with van der Waals surface area (Å²) in [4.78, 5) is 12.0. The van der Waals surface area contributed by atoms with E-state index in [1.54, 1.807) is 12.1 Å². The molecule has 1 aliphatic rings. The second-order valence-electron chi connectivity index (χ2n) is 5.12. The zero-order valence-electron chi connectivity index (χ0n) is 10.9. The molecule has 3 N–H and O–H groups in total. The van der Waals surface area contributed by atoms with Crippen LogP contribution in [0.2, 0.25) is 0 Å². The second-order valence-corrected chi connectivity index (χ2v) is 5.12. The predicted octanol–water partition coefficient (Wildman–Crippen LogP) is 2.23. The SMILES string of the molecule is Cc1ccc(C(=O)NC(CN)C2CCCCC2)o1. The molecule has 1 unspecified atom stereocenters. The number of nitrogens with two attached hydrogens (primary N) is 1. The van der Waals surface area contributed by atoms with Gasteiger partial charge in [0.1, 0.15) is 5.76 Å². The molecule has 0 bridgehead atoms. The van der Waals surface area contributed by atoms with Crippen LogP contribution < -0.4 is 11.1 Å². The minimum atomic E-state index is -0.149. The molecular formula is C14H22N2O2. The van der Waals surface area contributed by atoms with Gasteiger partial charge in [-0.2, -0.15) is 0 Å². The maximum absolute atomic E-state index is 12.0. The highest BCUT2D eigenvalue weighted by Crippen LogP contribution is 2.26. The monoisotopic (exact) mass is 250 g/mol. The molecule has 1 aromatic heterocycles. The molecule has 0 aliphatic heterocycles. The third-order valence-electron chi connectivity index (χ3n) is 3.75. The quantitative estimate of drug-likeness (QED) is 0.861. The van der Waals surface area contributed by atoms with Gasteiger partial charge in [0.15, 0.2) is 5.76 Å². The summed E-state index contributed by atoms with van der Waals surface area (Å²) >= 11 is 0. The van der Waals surface area contributed by atoms with Crippen LogP contribution in [0.5, 0.6) is 0 Å². The summed E-state index contributed by atoms with van der Waals surface area (Å²) in [5.74, 6) is 1.50. The Labute approximate surface area is 108 Å². The number of furan rings is 1. The zero-order chi connectivity index (χ0) is 13.0. The van der Waals surface area contributed by atoms with Crippen LogP contribution in [-0.4, -0.2) is 18.5 Å².